The molecular formula is C15H23BrN2O2S. The van der Waals surface area contributed by atoms with E-state index in [1.54, 1.807) is 22.5 Å². The van der Waals surface area contributed by atoms with Gasteiger partial charge in [-0.1, -0.05) is 26.7 Å². The fourth-order valence-corrected chi connectivity index (χ4v) is 4.97. The van der Waals surface area contributed by atoms with Crippen LogP contribution in [0.25, 0.3) is 0 Å². The molecule has 0 unspecified atom stereocenters. The molecule has 1 aromatic rings. The van der Waals surface area contributed by atoms with E-state index >= 15 is 0 Å². The summed E-state index contributed by atoms with van der Waals surface area (Å²) in [6.45, 7) is 5.60. The van der Waals surface area contributed by atoms with Crippen molar-refractivity contribution in [1.29, 1.82) is 0 Å². The maximum absolute atomic E-state index is 12.7. The smallest absolute Gasteiger partial charge is 0.243 e. The van der Waals surface area contributed by atoms with Crippen molar-refractivity contribution in [2.24, 2.45) is 5.41 Å². The largest absolute Gasteiger partial charge is 0.398 e. The number of nitrogens with two attached hydrogens (primary N) is 1. The van der Waals surface area contributed by atoms with Crippen molar-refractivity contribution in [2.75, 3.05) is 18.8 Å². The third kappa shape index (κ3) is 3.27. The Bertz CT molecular complexity index is 602. The molecule has 21 heavy (non-hydrogen) atoms. The van der Waals surface area contributed by atoms with Crippen LogP contribution in [0.4, 0.5) is 5.69 Å². The molecule has 0 aliphatic carbocycles. The van der Waals surface area contributed by atoms with Crippen LogP contribution in [-0.4, -0.2) is 25.8 Å². The molecule has 2 rings (SSSR count). The zero-order valence-electron chi connectivity index (χ0n) is 12.6. The third-order valence-corrected chi connectivity index (χ3v) is 7.47. The second kappa shape index (κ2) is 6.26. The lowest BCUT2D eigenvalue weighted by Gasteiger charge is -2.40. The van der Waals surface area contributed by atoms with Gasteiger partial charge in [-0.2, -0.15) is 4.31 Å². The highest BCUT2D eigenvalue weighted by Gasteiger charge is 2.36. The Kier molecular flexibility index (Phi) is 5.00. The van der Waals surface area contributed by atoms with Crippen molar-refractivity contribution in [2.45, 2.75) is 44.4 Å². The minimum absolute atomic E-state index is 0.309. The minimum atomic E-state index is -3.42. The maximum Gasteiger partial charge on any atom is 0.243 e. The van der Waals surface area contributed by atoms with Gasteiger partial charge in [-0.05, 0) is 52.4 Å². The van der Waals surface area contributed by atoms with Gasteiger partial charge in [0.25, 0.3) is 0 Å². The molecule has 0 radical (unpaired) electrons. The highest BCUT2D eigenvalue weighted by Crippen LogP contribution is 2.39. The van der Waals surface area contributed by atoms with Crippen LogP contribution in [0.3, 0.4) is 0 Å². The summed E-state index contributed by atoms with van der Waals surface area (Å²) in [5.74, 6) is 0. The van der Waals surface area contributed by atoms with E-state index in [2.05, 4.69) is 29.8 Å². The lowest BCUT2D eigenvalue weighted by atomic mass is 9.75. The summed E-state index contributed by atoms with van der Waals surface area (Å²) in [4.78, 5) is 0.309. The molecule has 0 bridgehead atoms. The van der Waals surface area contributed by atoms with Crippen LogP contribution in [0, 0.1) is 5.41 Å². The molecule has 0 atom stereocenters. The molecule has 1 fully saturated rings. The summed E-state index contributed by atoms with van der Waals surface area (Å²) < 4.78 is 27.6. The lowest BCUT2D eigenvalue weighted by molar-refractivity contribution is 0.141. The van der Waals surface area contributed by atoms with E-state index in [4.69, 9.17) is 5.73 Å². The molecule has 1 aliphatic heterocycles. The van der Waals surface area contributed by atoms with Gasteiger partial charge in [-0.3, -0.25) is 0 Å². The summed E-state index contributed by atoms with van der Waals surface area (Å²) in [6, 6.07) is 4.80. The summed E-state index contributed by atoms with van der Waals surface area (Å²) in [7, 11) is -3.42. The Labute approximate surface area is 135 Å². The van der Waals surface area contributed by atoms with Crippen molar-refractivity contribution in [1.82, 2.24) is 4.31 Å². The van der Waals surface area contributed by atoms with Gasteiger partial charge < -0.3 is 5.73 Å². The Hall–Kier alpha value is -0.590. The fraction of sp³-hybridized carbons (Fsp3) is 0.600. The molecule has 0 aromatic heterocycles. The molecule has 2 N–H and O–H groups in total. The predicted octanol–water partition coefficient (Wildman–Crippen LogP) is 3.62. The summed E-state index contributed by atoms with van der Waals surface area (Å²) >= 11 is 3.30. The average molecular weight is 375 g/mol. The monoisotopic (exact) mass is 374 g/mol. The van der Waals surface area contributed by atoms with Crippen molar-refractivity contribution in [3.63, 3.8) is 0 Å². The van der Waals surface area contributed by atoms with Crippen molar-refractivity contribution >= 4 is 31.6 Å². The van der Waals surface area contributed by atoms with Crippen LogP contribution in [-0.2, 0) is 10.0 Å². The van der Waals surface area contributed by atoms with Gasteiger partial charge in [0, 0.05) is 23.2 Å². The average Bonchev–Trinajstić information content (AvgIpc) is 2.50. The number of halogens is 1. The van der Waals surface area contributed by atoms with E-state index < -0.39 is 10.0 Å². The second-order valence-corrected chi connectivity index (χ2v) is 8.59. The van der Waals surface area contributed by atoms with Crippen molar-refractivity contribution in [3.05, 3.63) is 22.7 Å². The van der Waals surface area contributed by atoms with Crippen LogP contribution in [0.2, 0.25) is 0 Å². The molecule has 0 amide bonds. The highest BCUT2D eigenvalue weighted by atomic mass is 79.9. The normalized spacial score (nSPS) is 19.6. The van der Waals surface area contributed by atoms with Gasteiger partial charge in [0.2, 0.25) is 10.0 Å². The molecular weight excluding hydrogens is 352 g/mol. The Morgan fingerprint density at radius 3 is 2.29 bits per heavy atom. The van der Waals surface area contributed by atoms with Crippen LogP contribution in [0.1, 0.15) is 39.5 Å². The molecule has 4 nitrogen and oxygen atoms in total. The Balaban J connectivity index is 2.20. The van der Waals surface area contributed by atoms with Crippen molar-refractivity contribution in [3.8, 4) is 0 Å². The number of sulfonamides is 1. The zero-order chi connectivity index (χ0) is 15.7. The first-order chi connectivity index (χ1) is 9.84. The molecule has 6 heteroatoms. The lowest BCUT2D eigenvalue weighted by Crippen LogP contribution is -2.42. The SMILES string of the molecule is CCC1(CC)CCN(S(=O)(=O)c2ccc(N)c(Br)c2)CC1. The summed E-state index contributed by atoms with van der Waals surface area (Å²) in [6.07, 6.45) is 4.11. The van der Waals surface area contributed by atoms with Gasteiger partial charge in [0.15, 0.2) is 0 Å². The maximum atomic E-state index is 12.7. The van der Waals surface area contributed by atoms with Gasteiger partial charge in [-0.15, -0.1) is 0 Å². The first kappa shape index (κ1) is 16.8. The summed E-state index contributed by atoms with van der Waals surface area (Å²) in [5.41, 5.74) is 6.58. The zero-order valence-corrected chi connectivity index (χ0v) is 15.0. The topological polar surface area (TPSA) is 63.4 Å². The Morgan fingerprint density at radius 2 is 1.81 bits per heavy atom. The molecule has 1 heterocycles. The van der Waals surface area contributed by atoms with Crippen LogP contribution in [0.5, 0.6) is 0 Å². The van der Waals surface area contributed by atoms with E-state index in [9.17, 15) is 8.42 Å². The second-order valence-electron chi connectivity index (χ2n) is 5.79. The Morgan fingerprint density at radius 1 is 1.24 bits per heavy atom. The van der Waals surface area contributed by atoms with E-state index in [-0.39, 0.29) is 0 Å². The number of rotatable bonds is 4. The van der Waals surface area contributed by atoms with Gasteiger partial charge >= 0.3 is 0 Å². The van der Waals surface area contributed by atoms with Gasteiger partial charge in [-0.25, -0.2) is 8.42 Å². The van der Waals surface area contributed by atoms with E-state index in [0.29, 0.717) is 33.6 Å². The molecule has 1 saturated heterocycles. The van der Waals surface area contributed by atoms with Crippen LogP contribution < -0.4 is 5.73 Å². The van der Waals surface area contributed by atoms with Gasteiger partial charge in [0.05, 0.1) is 4.90 Å². The third-order valence-electron chi connectivity index (χ3n) is 4.89. The number of benzene rings is 1. The van der Waals surface area contributed by atoms with Crippen molar-refractivity contribution < 1.29 is 8.42 Å². The molecule has 0 spiro atoms. The van der Waals surface area contributed by atoms with E-state index in [0.717, 1.165) is 25.7 Å². The quantitative estimate of drug-likeness (QED) is 0.818. The first-order valence-corrected chi connectivity index (χ1v) is 9.63. The standard InChI is InChI=1S/C15H23BrN2O2S/c1-3-15(4-2)7-9-18(10-8-15)21(19,20)12-5-6-14(17)13(16)11-12/h5-6,11H,3-4,7-10,17H2,1-2H3. The summed E-state index contributed by atoms with van der Waals surface area (Å²) in [5, 5.41) is 0. The highest BCUT2D eigenvalue weighted by molar-refractivity contribution is 9.10. The molecule has 118 valence electrons. The minimum Gasteiger partial charge on any atom is -0.398 e. The van der Waals surface area contributed by atoms with E-state index in [1.807, 2.05) is 0 Å². The van der Waals surface area contributed by atoms with E-state index in [1.165, 1.54) is 0 Å². The number of piperidine rings is 1. The number of nitrogens with zero attached hydrogens (tertiary/aromatic N) is 1. The first-order valence-electron chi connectivity index (χ1n) is 7.40. The molecule has 0 saturated carbocycles. The molecule has 1 aromatic carbocycles. The molecule has 1 aliphatic rings. The number of nitrogen functional groups attached to an aromatic ring is 1. The van der Waals surface area contributed by atoms with Gasteiger partial charge in [0.1, 0.15) is 0 Å². The van der Waals surface area contributed by atoms with Crippen LogP contribution >= 0.6 is 15.9 Å². The fourth-order valence-electron chi connectivity index (χ4n) is 2.98. The predicted molar refractivity (Wildman–Crippen MR) is 89.6 cm³/mol. The number of hydrogen-bond acceptors (Lipinski definition) is 3. The number of hydrogen-bond donors (Lipinski definition) is 1. The van der Waals surface area contributed by atoms with Crippen LogP contribution in [0.15, 0.2) is 27.6 Å². The number of anilines is 1.